The lowest BCUT2D eigenvalue weighted by atomic mass is 10.1. The topological polar surface area (TPSA) is 80.6 Å². The molecule has 1 N–H and O–H groups in total. The zero-order valence-electron chi connectivity index (χ0n) is 16.6. The van der Waals surface area contributed by atoms with Gasteiger partial charge in [0.2, 0.25) is 10.0 Å². The summed E-state index contributed by atoms with van der Waals surface area (Å²) in [6.45, 7) is 4.09. The van der Waals surface area contributed by atoms with Crippen LogP contribution in [0.1, 0.15) is 19.3 Å². The molecule has 1 aromatic rings. The molecule has 0 saturated carbocycles. The van der Waals surface area contributed by atoms with Crippen molar-refractivity contribution in [2.45, 2.75) is 24.2 Å². The summed E-state index contributed by atoms with van der Waals surface area (Å²) in [5, 5.41) is 0. The summed E-state index contributed by atoms with van der Waals surface area (Å²) < 4.78 is 37.8. The Bertz CT molecular complexity index is 785. The SMILES string of the molecule is COc1ccc(S(=O)(=O)N2CCN(C(=O)C[NH+]3CCCCC3)CC2)cc1OC. The smallest absolute Gasteiger partial charge is 0.277 e. The molecule has 1 aromatic carbocycles. The quantitative estimate of drug-likeness (QED) is 0.688. The summed E-state index contributed by atoms with van der Waals surface area (Å²) in [5.41, 5.74) is 0. The molecule has 0 bridgehead atoms. The number of piperazine rings is 1. The number of quaternary nitrogens is 1. The molecular weight excluding hydrogens is 382 g/mol. The van der Waals surface area contributed by atoms with Crippen LogP contribution in [0, 0.1) is 0 Å². The Morgan fingerprint density at radius 3 is 2.25 bits per heavy atom. The largest absolute Gasteiger partial charge is 0.493 e. The molecule has 2 heterocycles. The van der Waals surface area contributed by atoms with Crippen molar-refractivity contribution in [2.24, 2.45) is 0 Å². The highest BCUT2D eigenvalue weighted by Crippen LogP contribution is 2.30. The standard InChI is InChI=1S/C19H29N3O5S/c1-26-17-7-6-16(14-18(17)27-2)28(24,25)22-12-10-21(11-13-22)19(23)15-20-8-4-3-5-9-20/h6-7,14H,3-5,8-13,15H2,1-2H3/p+1. The second-order valence-electron chi connectivity index (χ2n) is 7.29. The maximum absolute atomic E-state index is 13.0. The lowest BCUT2D eigenvalue weighted by Gasteiger charge is -2.35. The molecule has 2 aliphatic heterocycles. The van der Waals surface area contributed by atoms with Crippen LogP contribution in [0.2, 0.25) is 0 Å². The van der Waals surface area contributed by atoms with Gasteiger partial charge in [-0.2, -0.15) is 4.31 Å². The van der Waals surface area contributed by atoms with E-state index in [1.165, 1.54) is 54.8 Å². The van der Waals surface area contributed by atoms with Gasteiger partial charge in [-0.1, -0.05) is 0 Å². The van der Waals surface area contributed by atoms with Crippen molar-refractivity contribution >= 4 is 15.9 Å². The molecule has 1 amide bonds. The van der Waals surface area contributed by atoms with Crippen molar-refractivity contribution in [3.05, 3.63) is 18.2 Å². The number of hydrogen-bond donors (Lipinski definition) is 1. The van der Waals surface area contributed by atoms with E-state index < -0.39 is 10.0 Å². The maximum Gasteiger partial charge on any atom is 0.277 e. The minimum atomic E-state index is -3.64. The van der Waals surface area contributed by atoms with Crippen LogP contribution in [-0.2, 0) is 14.8 Å². The fourth-order valence-corrected chi connectivity index (χ4v) is 5.30. The van der Waals surface area contributed by atoms with Gasteiger partial charge in [-0.05, 0) is 31.4 Å². The second kappa shape index (κ2) is 9.11. The van der Waals surface area contributed by atoms with E-state index >= 15 is 0 Å². The van der Waals surface area contributed by atoms with Crippen LogP contribution in [0.3, 0.4) is 0 Å². The number of piperidine rings is 1. The van der Waals surface area contributed by atoms with Gasteiger partial charge in [-0.3, -0.25) is 4.79 Å². The summed E-state index contributed by atoms with van der Waals surface area (Å²) in [4.78, 5) is 15.9. The number of nitrogens with one attached hydrogen (secondary N) is 1. The highest BCUT2D eigenvalue weighted by atomic mass is 32.2. The first-order valence-corrected chi connectivity index (χ1v) is 11.2. The van der Waals surface area contributed by atoms with E-state index in [0.717, 1.165) is 13.1 Å². The molecule has 0 atom stereocenters. The number of rotatable bonds is 6. The van der Waals surface area contributed by atoms with E-state index in [2.05, 4.69) is 0 Å². The lowest BCUT2D eigenvalue weighted by Crippen LogP contribution is -3.13. The number of nitrogens with zero attached hydrogens (tertiary/aromatic N) is 2. The van der Waals surface area contributed by atoms with Gasteiger partial charge in [0.1, 0.15) is 0 Å². The first kappa shape index (κ1) is 20.9. The molecule has 2 aliphatic rings. The average Bonchev–Trinajstić information content (AvgIpc) is 2.74. The molecule has 0 unspecified atom stereocenters. The molecule has 3 rings (SSSR count). The van der Waals surface area contributed by atoms with E-state index in [0.29, 0.717) is 44.2 Å². The number of sulfonamides is 1. The lowest BCUT2D eigenvalue weighted by molar-refractivity contribution is -0.897. The van der Waals surface area contributed by atoms with Crippen molar-refractivity contribution < 1.29 is 27.6 Å². The van der Waals surface area contributed by atoms with Gasteiger partial charge < -0.3 is 19.3 Å². The molecule has 0 aromatic heterocycles. The van der Waals surface area contributed by atoms with Gasteiger partial charge in [0.05, 0.1) is 32.2 Å². The zero-order valence-corrected chi connectivity index (χ0v) is 17.5. The molecule has 2 fully saturated rings. The fraction of sp³-hybridized carbons (Fsp3) is 0.632. The zero-order chi connectivity index (χ0) is 20.1. The van der Waals surface area contributed by atoms with Crippen molar-refractivity contribution in [2.75, 3.05) is 60.0 Å². The normalized spacial score (nSPS) is 19.4. The molecular formula is C19H30N3O5S+. The predicted molar refractivity (Wildman–Crippen MR) is 104 cm³/mol. The molecule has 0 aliphatic carbocycles. The summed E-state index contributed by atoms with van der Waals surface area (Å²) in [6, 6.07) is 4.59. The molecule has 9 heteroatoms. The van der Waals surface area contributed by atoms with E-state index in [1.54, 1.807) is 11.0 Å². The Balaban J connectivity index is 1.61. The fourth-order valence-electron chi connectivity index (χ4n) is 3.86. The van der Waals surface area contributed by atoms with E-state index in [1.807, 2.05) is 0 Å². The molecule has 8 nitrogen and oxygen atoms in total. The molecule has 0 radical (unpaired) electrons. The van der Waals surface area contributed by atoms with Crippen molar-refractivity contribution in [1.29, 1.82) is 0 Å². The van der Waals surface area contributed by atoms with Gasteiger partial charge in [0, 0.05) is 32.2 Å². The molecule has 2 saturated heterocycles. The number of amides is 1. The maximum atomic E-state index is 13.0. The van der Waals surface area contributed by atoms with Crippen molar-refractivity contribution in [1.82, 2.24) is 9.21 Å². The third kappa shape index (κ3) is 4.59. The molecule has 28 heavy (non-hydrogen) atoms. The average molecular weight is 413 g/mol. The van der Waals surface area contributed by atoms with Crippen LogP contribution >= 0.6 is 0 Å². The number of hydrogen-bond acceptors (Lipinski definition) is 5. The Kier molecular flexibility index (Phi) is 6.79. The van der Waals surface area contributed by atoms with Crippen LogP contribution in [0.25, 0.3) is 0 Å². The number of methoxy groups -OCH3 is 2. The first-order valence-electron chi connectivity index (χ1n) is 9.79. The number of ether oxygens (including phenoxy) is 2. The monoisotopic (exact) mass is 412 g/mol. The van der Waals surface area contributed by atoms with E-state index in [9.17, 15) is 13.2 Å². The Labute approximate surface area is 167 Å². The number of carbonyl (C=O) groups excluding carboxylic acids is 1. The summed E-state index contributed by atoms with van der Waals surface area (Å²) in [5.74, 6) is 0.985. The highest BCUT2D eigenvalue weighted by molar-refractivity contribution is 7.89. The Hall–Kier alpha value is -1.84. The molecule has 0 spiro atoms. The van der Waals surface area contributed by atoms with Gasteiger partial charge in [0.25, 0.3) is 5.91 Å². The van der Waals surface area contributed by atoms with Gasteiger partial charge in [0.15, 0.2) is 18.0 Å². The van der Waals surface area contributed by atoms with E-state index in [-0.39, 0.29) is 10.8 Å². The van der Waals surface area contributed by atoms with Gasteiger partial charge in [-0.15, -0.1) is 0 Å². The van der Waals surface area contributed by atoms with Crippen LogP contribution in [-0.4, -0.2) is 83.6 Å². The third-order valence-electron chi connectivity index (χ3n) is 5.55. The van der Waals surface area contributed by atoms with Gasteiger partial charge >= 0.3 is 0 Å². The van der Waals surface area contributed by atoms with Crippen LogP contribution in [0.4, 0.5) is 0 Å². The number of carbonyl (C=O) groups is 1. The number of benzene rings is 1. The first-order chi connectivity index (χ1) is 13.5. The van der Waals surface area contributed by atoms with Crippen LogP contribution in [0.5, 0.6) is 11.5 Å². The van der Waals surface area contributed by atoms with Crippen molar-refractivity contribution in [3.63, 3.8) is 0 Å². The summed E-state index contributed by atoms with van der Waals surface area (Å²) in [7, 11) is -0.658. The summed E-state index contributed by atoms with van der Waals surface area (Å²) in [6.07, 6.45) is 3.62. The highest BCUT2D eigenvalue weighted by Gasteiger charge is 2.32. The van der Waals surface area contributed by atoms with Crippen molar-refractivity contribution in [3.8, 4) is 11.5 Å². The number of likely N-dealkylation sites (tertiary alicyclic amines) is 1. The second-order valence-corrected chi connectivity index (χ2v) is 9.23. The van der Waals surface area contributed by atoms with Gasteiger partial charge in [-0.25, -0.2) is 8.42 Å². The third-order valence-corrected chi connectivity index (χ3v) is 7.44. The Morgan fingerprint density at radius 1 is 1.00 bits per heavy atom. The molecule has 156 valence electrons. The van der Waals surface area contributed by atoms with Crippen LogP contribution in [0.15, 0.2) is 23.1 Å². The predicted octanol–water partition coefficient (Wildman–Crippen LogP) is -0.394. The minimum Gasteiger partial charge on any atom is -0.493 e. The van der Waals surface area contributed by atoms with Crippen LogP contribution < -0.4 is 14.4 Å². The van der Waals surface area contributed by atoms with E-state index in [4.69, 9.17) is 9.47 Å². The Morgan fingerprint density at radius 2 is 1.64 bits per heavy atom. The minimum absolute atomic E-state index is 0.125. The summed E-state index contributed by atoms with van der Waals surface area (Å²) >= 11 is 0.